The van der Waals surface area contributed by atoms with Gasteiger partial charge in [0, 0.05) is 29.7 Å². The second-order valence-corrected chi connectivity index (χ2v) is 8.58. The lowest BCUT2D eigenvalue weighted by molar-refractivity contribution is -0.119. The predicted molar refractivity (Wildman–Crippen MR) is 128 cm³/mol. The number of rotatable bonds is 9. The van der Waals surface area contributed by atoms with Gasteiger partial charge < -0.3 is 5.32 Å². The van der Waals surface area contributed by atoms with Crippen molar-refractivity contribution in [2.45, 2.75) is 31.0 Å². The first kappa shape index (κ1) is 22.7. The monoisotopic (exact) mass is 461 g/mol. The maximum Gasteiger partial charge on any atom is 0.230 e. The molecule has 0 aliphatic rings. The van der Waals surface area contributed by atoms with Gasteiger partial charge in [-0.05, 0) is 61.7 Å². The Bertz CT molecular complexity index is 1180. The first-order valence-corrected chi connectivity index (χ1v) is 11.7. The fourth-order valence-corrected chi connectivity index (χ4v) is 4.18. The van der Waals surface area contributed by atoms with E-state index in [1.54, 1.807) is 24.5 Å². The van der Waals surface area contributed by atoms with Crippen molar-refractivity contribution in [2.24, 2.45) is 0 Å². The zero-order valence-corrected chi connectivity index (χ0v) is 19.0. The molecule has 0 aliphatic heterocycles. The number of hydrogen-bond donors (Lipinski definition) is 1. The van der Waals surface area contributed by atoms with E-state index >= 15 is 0 Å². The van der Waals surface area contributed by atoms with Crippen LogP contribution in [-0.2, 0) is 11.2 Å². The van der Waals surface area contributed by atoms with Crippen molar-refractivity contribution >= 4 is 17.7 Å². The average Bonchev–Trinajstić information content (AvgIpc) is 3.27. The quantitative estimate of drug-likeness (QED) is 0.366. The average molecular weight is 462 g/mol. The van der Waals surface area contributed by atoms with E-state index in [1.165, 1.54) is 29.5 Å². The van der Waals surface area contributed by atoms with Crippen LogP contribution in [0.1, 0.15) is 18.9 Å². The fraction of sp³-hybridized carbons (Fsp3) is 0.200. The van der Waals surface area contributed by atoms with Gasteiger partial charge in [0.15, 0.2) is 11.0 Å². The summed E-state index contributed by atoms with van der Waals surface area (Å²) in [6, 6.07) is 20.1. The van der Waals surface area contributed by atoms with Gasteiger partial charge in [0.2, 0.25) is 5.91 Å². The zero-order valence-electron chi connectivity index (χ0n) is 18.2. The molecule has 2 aromatic carbocycles. The highest BCUT2D eigenvalue weighted by Crippen LogP contribution is 2.27. The lowest BCUT2D eigenvalue weighted by Crippen LogP contribution is -2.34. The van der Waals surface area contributed by atoms with Crippen LogP contribution in [0.4, 0.5) is 4.39 Å². The molecule has 0 saturated heterocycles. The summed E-state index contributed by atoms with van der Waals surface area (Å²) in [5, 5.41) is 12.2. The molecule has 8 heteroatoms. The Labute approximate surface area is 196 Å². The van der Waals surface area contributed by atoms with Crippen LogP contribution in [0.15, 0.2) is 84.3 Å². The van der Waals surface area contributed by atoms with Gasteiger partial charge in [-0.25, -0.2) is 4.39 Å². The number of hydrogen-bond acceptors (Lipinski definition) is 5. The third kappa shape index (κ3) is 6.04. The van der Waals surface area contributed by atoms with Crippen molar-refractivity contribution in [3.8, 4) is 17.1 Å². The highest BCUT2D eigenvalue weighted by molar-refractivity contribution is 7.99. The number of halogens is 1. The van der Waals surface area contributed by atoms with E-state index in [9.17, 15) is 9.18 Å². The largest absolute Gasteiger partial charge is 0.353 e. The molecule has 6 nitrogen and oxygen atoms in total. The molecule has 0 bridgehead atoms. The molecule has 2 heterocycles. The Morgan fingerprint density at radius 1 is 1.03 bits per heavy atom. The molecule has 33 heavy (non-hydrogen) atoms. The van der Waals surface area contributed by atoms with Crippen LogP contribution < -0.4 is 5.32 Å². The number of thioether (sulfide) groups is 1. The zero-order chi connectivity index (χ0) is 23.0. The van der Waals surface area contributed by atoms with Gasteiger partial charge in [0.1, 0.15) is 5.82 Å². The van der Waals surface area contributed by atoms with Crippen LogP contribution in [0.2, 0.25) is 0 Å². The summed E-state index contributed by atoms with van der Waals surface area (Å²) in [6.45, 7) is 2.01. The molecule has 0 fully saturated rings. The smallest absolute Gasteiger partial charge is 0.230 e. The standard InChI is InChI=1S/C25H24FN5OS/c1-18(7-8-19-5-3-2-4-6-19)28-23(32)17-33-25-30-29-24(20-13-15-27-16-14-20)31(25)22-11-9-21(26)10-12-22/h2-6,9-16,18H,7-8,17H2,1H3,(H,28,32)/t18-/m1/s1. The van der Waals surface area contributed by atoms with Gasteiger partial charge in [-0.15, -0.1) is 10.2 Å². The van der Waals surface area contributed by atoms with Gasteiger partial charge in [0.05, 0.1) is 5.75 Å². The molecule has 1 atom stereocenters. The number of pyridine rings is 1. The number of nitrogens with one attached hydrogen (secondary N) is 1. The van der Waals surface area contributed by atoms with Crippen LogP contribution in [-0.4, -0.2) is 37.5 Å². The number of amides is 1. The molecular formula is C25H24FN5OS. The molecule has 4 rings (SSSR count). The molecule has 168 valence electrons. The molecule has 0 unspecified atom stereocenters. The number of carbonyl (C=O) groups is 1. The highest BCUT2D eigenvalue weighted by atomic mass is 32.2. The fourth-order valence-electron chi connectivity index (χ4n) is 3.42. The Kier molecular flexibility index (Phi) is 7.47. The Morgan fingerprint density at radius 2 is 1.76 bits per heavy atom. The number of carbonyl (C=O) groups excluding carboxylic acids is 1. The number of aryl methyl sites for hydroxylation is 1. The summed E-state index contributed by atoms with van der Waals surface area (Å²) in [7, 11) is 0. The normalized spacial score (nSPS) is 11.8. The summed E-state index contributed by atoms with van der Waals surface area (Å²) in [6.07, 6.45) is 5.12. The van der Waals surface area contributed by atoms with Crippen molar-refractivity contribution in [3.05, 3.63) is 90.5 Å². The summed E-state index contributed by atoms with van der Waals surface area (Å²) >= 11 is 1.29. The van der Waals surface area contributed by atoms with Gasteiger partial charge in [-0.1, -0.05) is 42.1 Å². The van der Waals surface area contributed by atoms with Gasteiger partial charge >= 0.3 is 0 Å². The molecule has 0 spiro atoms. The van der Waals surface area contributed by atoms with E-state index < -0.39 is 0 Å². The van der Waals surface area contributed by atoms with Crippen LogP contribution in [0.3, 0.4) is 0 Å². The molecule has 0 aliphatic carbocycles. The minimum absolute atomic E-state index is 0.0562. The molecule has 2 aromatic heterocycles. The van der Waals surface area contributed by atoms with E-state index in [4.69, 9.17) is 0 Å². The minimum Gasteiger partial charge on any atom is -0.353 e. The molecule has 1 amide bonds. The highest BCUT2D eigenvalue weighted by Gasteiger charge is 2.18. The lowest BCUT2D eigenvalue weighted by Gasteiger charge is -2.14. The van der Waals surface area contributed by atoms with Crippen molar-refractivity contribution in [1.82, 2.24) is 25.1 Å². The van der Waals surface area contributed by atoms with Gasteiger partial charge in [-0.3, -0.25) is 14.3 Å². The Morgan fingerprint density at radius 3 is 2.48 bits per heavy atom. The maximum absolute atomic E-state index is 13.5. The van der Waals surface area contributed by atoms with E-state index in [-0.39, 0.29) is 23.5 Å². The van der Waals surface area contributed by atoms with Gasteiger partial charge in [-0.2, -0.15) is 0 Å². The SMILES string of the molecule is C[C@H](CCc1ccccc1)NC(=O)CSc1nnc(-c2ccncc2)n1-c1ccc(F)cc1. The van der Waals surface area contributed by atoms with Crippen LogP contribution in [0, 0.1) is 5.82 Å². The van der Waals surface area contributed by atoms with E-state index in [1.807, 2.05) is 41.8 Å². The van der Waals surface area contributed by atoms with E-state index in [0.717, 1.165) is 18.4 Å². The summed E-state index contributed by atoms with van der Waals surface area (Å²) < 4.78 is 15.3. The van der Waals surface area contributed by atoms with E-state index in [0.29, 0.717) is 16.7 Å². The third-order valence-corrected chi connectivity index (χ3v) is 6.03. The molecule has 1 N–H and O–H groups in total. The Hall–Kier alpha value is -3.52. The van der Waals surface area contributed by atoms with Crippen LogP contribution >= 0.6 is 11.8 Å². The summed E-state index contributed by atoms with van der Waals surface area (Å²) in [5.41, 5.74) is 2.80. The summed E-state index contributed by atoms with van der Waals surface area (Å²) in [5.74, 6) is 0.406. The lowest BCUT2D eigenvalue weighted by atomic mass is 10.1. The molecule has 4 aromatic rings. The first-order valence-electron chi connectivity index (χ1n) is 10.7. The van der Waals surface area contributed by atoms with Crippen LogP contribution in [0.25, 0.3) is 17.1 Å². The first-order chi connectivity index (χ1) is 16.1. The maximum atomic E-state index is 13.5. The van der Waals surface area contributed by atoms with Crippen molar-refractivity contribution in [2.75, 3.05) is 5.75 Å². The van der Waals surface area contributed by atoms with Crippen molar-refractivity contribution in [1.29, 1.82) is 0 Å². The third-order valence-electron chi connectivity index (χ3n) is 5.11. The van der Waals surface area contributed by atoms with E-state index in [2.05, 4.69) is 32.6 Å². The molecular weight excluding hydrogens is 437 g/mol. The number of benzene rings is 2. The molecule has 0 radical (unpaired) electrons. The molecule has 0 saturated carbocycles. The van der Waals surface area contributed by atoms with Crippen molar-refractivity contribution < 1.29 is 9.18 Å². The second-order valence-electron chi connectivity index (χ2n) is 7.64. The topological polar surface area (TPSA) is 72.7 Å². The Balaban J connectivity index is 1.43. The predicted octanol–water partition coefficient (Wildman–Crippen LogP) is 4.70. The number of nitrogens with zero attached hydrogens (tertiary/aromatic N) is 4. The van der Waals surface area contributed by atoms with Crippen LogP contribution in [0.5, 0.6) is 0 Å². The minimum atomic E-state index is -0.324. The second kappa shape index (κ2) is 10.9. The number of aromatic nitrogens is 4. The van der Waals surface area contributed by atoms with Gasteiger partial charge in [0.25, 0.3) is 0 Å². The summed E-state index contributed by atoms with van der Waals surface area (Å²) in [4.78, 5) is 16.6. The van der Waals surface area contributed by atoms with Crippen molar-refractivity contribution in [3.63, 3.8) is 0 Å².